The summed E-state index contributed by atoms with van der Waals surface area (Å²) in [7, 11) is 4.00. The summed E-state index contributed by atoms with van der Waals surface area (Å²) >= 11 is 0. The first-order valence-electron chi connectivity index (χ1n) is 7.80. The smallest absolute Gasteiger partial charge is 0.191 e. The van der Waals surface area contributed by atoms with Gasteiger partial charge in [-0.25, -0.2) is 0 Å². The van der Waals surface area contributed by atoms with Crippen LogP contribution in [0.4, 0.5) is 0 Å². The normalized spacial score (nSPS) is 21.1. The molecule has 0 aliphatic carbocycles. The lowest BCUT2D eigenvalue weighted by atomic mass is 9.99. The molecule has 1 aliphatic rings. The summed E-state index contributed by atoms with van der Waals surface area (Å²) in [4.78, 5) is 6.71. The molecule has 1 aromatic rings. The third kappa shape index (κ3) is 5.79. The second-order valence-corrected chi connectivity index (χ2v) is 6.04. The molecule has 2 rings (SSSR count). The Hall–Kier alpha value is -0.760. The Balaban J connectivity index is 0.00000242. The van der Waals surface area contributed by atoms with Crippen LogP contribution in [0.5, 0.6) is 0 Å². The van der Waals surface area contributed by atoms with Gasteiger partial charge in [0.15, 0.2) is 5.96 Å². The molecule has 0 spiro atoms. The molecule has 0 amide bonds. The minimum Gasteiger partial charge on any atom is -0.464 e. The fourth-order valence-corrected chi connectivity index (χ4v) is 2.84. The molecule has 2 unspecified atom stereocenters. The maximum Gasteiger partial charge on any atom is 0.191 e. The number of likely N-dealkylation sites (tertiary alicyclic amines) is 1. The molecule has 5 nitrogen and oxygen atoms in total. The summed E-state index contributed by atoms with van der Waals surface area (Å²) in [6, 6.07) is 4.11. The van der Waals surface area contributed by atoms with Gasteiger partial charge in [0.05, 0.1) is 6.04 Å². The summed E-state index contributed by atoms with van der Waals surface area (Å²) in [5.74, 6) is 3.41. The number of guanidine groups is 1. The van der Waals surface area contributed by atoms with E-state index in [9.17, 15) is 0 Å². The Kier molecular flexibility index (Phi) is 8.24. The van der Waals surface area contributed by atoms with Crippen LogP contribution in [0.15, 0.2) is 21.5 Å². The number of nitrogens with zero attached hydrogens (tertiary/aromatic N) is 2. The molecule has 2 heterocycles. The van der Waals surface area contributed by atoms with Crippen molar-refractivity contribution in [1.82, 2.24) is 15.5 Å². The number of halogens is 1. The van der Waals surface area contributed by atoms with E-state index in [1.807, 2.05) is 26.1 Å². The Morgan fingerprint density at radius 3 is 2.86 bits per heavy atom. The van der Waals surface area contributed by atoms with E-state index in [0.29, 0.717) is 5.92 Å². The number of nitrogens with one attached hydrogen (secondary N) is 2. The highest BCUT2D eigenvalue weighted by atomic mass is 127. The largest absolute Gasteiger partial charge is 0.464 e. The summed E-state index contributed by atoms with van der Waals surface area (Å²) in [6.07, 6.45) is 2.58. The topological polar surface area (TPSA) is 52.8 Å². The van der Waals surface area contributed by atoms with Crippen LogP contribution in [0.3, 0.4) is 0 Å². The van der Waals surface area contributed by atoms with Crippen molar-refractivity contribution >= 4 is 29.9 Å². The summed E-state index contributed by atoms with van der Waals surface area (Å²) in [5, 5.41) is 6.82. The monoisotopic (exact) mass is 420 g/mol. The standard InChI is InChI=1S/C16H28N4O.HI/c1-12-7-8-15(21-12)13(2)19-16(17-3)18-10-14-6-5-9-20(4)11-14;/h7-8,13-14H,5-6,9-11H2,1-4H3,(H2,17,18,19);1H. The van der Waals surface area contributed by atoms with Crippen molar-refractivity contribution in [2.75, 3.05) is 33.7 Å². The van der Waals surface area contributed by atoms with E-state index in [0.717, 1.165) is 30.6 Å². The average molecular weight is 420 g/mol. The number of furan rings is 1. The van der Waals surface area contributed by atoms with Crippen LogP contribution in [0.1, 0.15) is 37.3 Å². The number of aliphatic imine (C=N–C) groups is 1. The van der Waals surface area contributed by atoms with Crippen LogP contribution in [0.2, 0.25) is 0 Å². The number of rotatable bonds is 4. The minimum absolute atomic E-state index is 0. The molecule has 2 N–H and O–H groups in total. The van der Waals surface area contributed by atoms with Gasteiger partial charge in [-0.3, -0.25) is 4.99 Å². The zero-order valence-electron chi connectivity index (χ0n) is 14.1. The van der Waals surface area contributed by atoms with Crippen molar-refractivity contribution in [3.05, 3.63) is 23.7 Å². The lowest BCUT2D eigenvalue weighted by Crippen LogP contribution is -2.44. The first kappa shape index (κ1) is 19.3. The number of piperidine rings is 1. The highest BCUT2D eigenvalue weighted by Crippen LogP contribution is 2.16. The molecule has 6 heteroatoms. The van der Waals surface area contributed by atoms with Gasteiger partial charge in [-0.05, 0) is 58.3 Å². The first-order chi connectivity index (χ1) is 10.1. The zero-order chi connectivity index (χ0) is 15.2. The fourth-order valence-electron chi connectivity index (χ4n) is 2.84. The third-order valence-electron chi connectivity index (χ3n) is 4.05. The molecular weight excluding hydrogens is 391 g/mol. The van der Waals surface area contributed by atoms with E-state index in [4.69, 9.17) is 4.42 Å². The van der Waals surface area contributed by atoms with Crippen LogP contribution in [-0.4, -0.2) is 44.6 Å². The Morgan fingerprint density at radius 2 is 2.27 bits per heavy atom. The molecular formula is C16H29IN4O. The molecule has 0 aromatic carbocycles. The van der Waals surface area contributed by atoms with Gasteiger partial charge >= 0.3 is 0 Å². The van der Waals surface area contributed by atoms with Gasteiger partial charge in [0.1, 0.15) is 11.5 Å². The predicted octanol–water partition coefficient (Wildman–Crippen LogP) is 2.77. The van der Waals surface area contributed by atoms with Gasteiger partial charge in [0.25, 0.3) is 0 Å². The molecule has 126 valence electrons. The van der Waals surface area contributed by atoms with Crippen molar-refractivity contribution in [2.24, 2.45) is 10.9 Å². The van der Waals surface area contributed by atoms with Crippen molar-refractivity contribution in [3.8, 4) is 0 Å². The van der Waals surface area contributed by atoms with Gasteiger partial charge in [0, 0.05) is 20.1 Å². The van der Waals surface area contributed by atoms with E-state index < -0.39 is 0 Å². The van der Waals surface area contributed by atoms with Gasteiger partial charge < -0.3 is 20.0 Å². The second kappa shape index (κ2) is 9.39. The fraction of sp³-hybridized carbons (Fsp3) is 0.688. The van der Waals surface area contributed by atoms with E-state index in [-0.39, 0.29) is 30.0 Å². The number of aryl methyl sites for hydroxylation is 1. The first-order valence-corrected chi connectivity index (χ1v) is 7.80. The van der Waals surface area contributed by atoms with E-state index >= 15 is 0 Å². The predicted molar refractivity (Wildman–Crippen MR) is 102 cm³/mol. The summed E-state index contributed by atoms with van der Waals surface area (Å²) in [6.45, 7) is 7.39. The van der Waals surface area contributed by atoms with Crippen LogP contribution in [0.25, 0.3) is 0 Å². The zero-order valence-corrected chi connectivity index (χ0v) is 16.4. The van der Waals surface area contributed by atoms with Crippen LogP contribution in [0, 0.1) is 12.8 Å². The average Bonchev–Trinajstić information content (AvgIpc) is 2.90. The molecule has 0 bridgehead atoms. The van der Waals surface area contributed by atoms with Crippen LogP contribution in [-0.2, 0) is 0 Å². The number of hydrogen-bond donors (Lipinski definition) is 2. The molecule has 0 radical (unpaired) electrons. The maximum absolute atomic E-state index is 5.65. The molecule has 22 heavy (non-hydrogen) atoms. The molecule has 1 aromatic heterocycles. The second-order valence-electron chi connectivity index (χ2n) is 6.04. The van der Waals surface area contributed by atoms with Crippen LogP contribution >= 0.6 is 24.0 Å². The Bertz CT molecular complexity index is 474. The van der Waals surface area contributed by atoms with Gasteiger partial charge in [0.2, 0.25) is 0 Å². The maximum atomic E-state index is 5.65. The SMILES string of the molecule is CN=C(NCC1CCCN(C)C1)NC(C)c1ccc(C)o1.I. The molecule has 1 saturated heterocycles. The Morgan fingerprint density at radius 1 is 1.50 bits per heavy atom. The quantitative estimate of drug-likeness (QED) is 0.447. The molecule has 0 saturated carbocycles. The summed E-state index contributed by atoms with van der Waals surface area (Å²) < 4.78 is 5.65. The highest BCUT2D eigenvalue weighted by molar-refractivity contribution is 14.0. The van der Waals surface area contributed by atoms with E-state index in [1.165, 1.54) is 19.4 Å². The highest BCUT2D eigenvalue weighted by Gasteiger charge is 2.18. The number of hydrogen-bond acceptors (Lipinski definition) is 3. The van der Waals surface area contributed by atoms with E-state index in [2.05, 4.69) is 34.5 Å². The van der Waals surface area contributed by atoms with Gasteiger partial charge in [-0.1, -0.05) is 0 Å². The molecule has 1 fully saturated rings. The third-order valence-corrected chi connectivity index (χ3v) is 4.05. The summed E-state index contributed by atoms with van der Waals surface area (Å²) in [5.41, 5.74) is 0. The van der Waals surface area contributed by atoms with Gasteiger partial charge in [-0.2, -0.15) is 0 Å². The minimum atomic E-state index is 0. The van der Waals surface area contributed by atoms with Crippen LogP contribution < -0.4 is 10.6 Å². The van der Waals surface area contributed by atoms with Crippen molar-refractivity contribution in [3.63, 3.8) is 0 Å². The van der Waals surface area contributed by atoms with Crippen molar-refractivity contribution in [2.45, 2.75) is 32.7 Å². The van der Waals surface area contributed by atoms with Crippen molar-refractivity contribution in [1.29, 1.82) is 0 Å². The lowest BCUT2D eigenvalue weighted by Gasteiger charge is -2.30. The Labute approximate surface area is 150 Å². The van der Waals surface area contributed by atoms with Crippen molar-refractivity contribution < 1.29 is 4.42 Å². The molecule has 2 atom stereocenters. The lowest BCUT2D eigenvalue weighted by molar-refractivity contribution is 0.210. The van der Waals surface area contributed by atoms with E-state index in [1.54, 1.807) is 0 Å². The van der Waals surface area contributed by atoms with Gasteiger partial charge in [-0.15, -0.1) is 24.0 Å². The molecule has 1 aliphatic heterocycles.